The molecule has 2 aromatic carbocycles. The van der Waals surface area contributed by atoms with E-state index in [1.807, 2.05) is 79.5 Å². The third-order valence-electron chi connectivity index (χ3n) is 5.99. The molecule has 4 rings (SSSR count). The number of nitrogens with zero attached hydrogens (tertiary/aromatic N) is 3. The smallest absolute Gasteiger partial charge is 0.257 e. The highest BCUT2D eigenvalue weighted by molar-refractivity contribution is 6.00. The molecule has 2 amide bonds. The molecular weight excluding hydrogens is 400 g/mol. The van der Waals surface area contributed by atoms with E-state index < -0.39 is 0 Å². The van der Waals surface area contributed by atoms with Crippen LogP contribution in [0.3, 0.4) is 0 Å². The third-order valence-corrected chi connectivity index (χ3v) is 5.99. The number of piperidine rings is 1. The van der Waals surface area contributed by atoms with E-state index in [2.05, 4.69) is 5.32 Å². The number of aromatic nitrogens is 2. The molecule has 0 radical (unpaired) electrons. The van der Waals surface area contributed by atoms with Gasteiger partial charge in [-0.2, -0.15) is 5.10 Å². The zero-order chi connectivity index (χ0) is 22.5. The van der Waals surface area contributed by atoms with E-state index in [4.69, 9.17) is 5.10 Å². The lowest BCUT2D eigenvalue weighted by Crippen LogP contribution is -2.43. The van der Waals surface area contributed by atoms with Gasteiger partial charge in [-0.15, -0.1) is 0 Å². The van der Waals surface area contributed by atoms with Crippen molar-refractivity contribution in [3.05, 3.63) is 71.9 Å². The zero-order valence-corrected chi connectivity index (χ0v) is 18.8. The van der Waals surface area contributed by atoms with Crippen molar-refractivity contribution < 1.29 is 9.59 Å². The molecule has 166 valence electrons. The van der Waals surface area contributed by atoms with Gasteiger partial charge in [-0.1, -0.05) is 55.0 Å². The molecule has 1 aromatic heterocycles. The first-order valence-corrected chi connectivity index (χ1v) is 11.4. The second-order valence-corrected chi connectivity index (χ2v) is 8.40. The van der Waals surface area contributed by atoms with Crippen LogP contribution in [-0.2, 0) is 4.79 Å². The fourth-order valence-corrected chi connectivity index (χ4v) is 4.08. The monoisotopic (exact) mass is 430 g/mol. The van der Waals surface area contributed by atoms with Crippen LogP contribution in [0, 0.1) is 12.8 Å². The molecule has 0 unspecified atom stereocenters. The maximum Gasteiger partial charge on any atom is 0.257 e. The molecule has 6 heteroatoms. The fraction of sp³-hybridized carbons (Fsp3) is 0.346. The van der Waals surface area contributed by atoms with Gasteiger partial charge in [0.1, 0.15) is 5.69 Å². The van der Waals surface area contributed by atoms with Gasteiger partial charge in [-0.05, 0) is 38.3 Å². The largest absolute Gasteiger partial charge is 0.356 e. The summed E-state index contributed by atoms with van der Waals surface area (Å²) in [5.74, 6) is 0.0558. The highest BCUT2D eigenvalue weighted by Crippen LogP contribution is 2.27. The minimum Gasteiger partial charge on any atom is -0.356 e. The van der Waals surface area contributed by atoms with Crippen LogP contribution in [0.5, 0.6) is 0 Å². The Balaban J connectivity index is 1.57. The number of carbonyl (C=O) groups is 2. The van der Waals surface area contributed by atoms with Crippen molar-refractivity contribution >= 4 is 11.8 Å². The average molecular weight is 431 g/mol. The van der Waals surface area contributed by atoms with Gasteiger partial charge in [0.05, 0.1) is 11.3 Å². The van der Waals surface area contributed by atoms with E-state index in [-0.39, 0.29) is 17.7 Å². The van der Waals surface area contributed by atoms with Crippen molar-refractivity contribution in [2.24, 2.45) is 5.92 Å². The van der Waals surface area contributed by atoms with E-state index in [1.54, 1.807) is 4.68 Å². The van der Waals surface area contributed by atoms with Crippen LogP contribution in [0.25, 0.3) is 16.9 Å². The standard InChI is InChI=1S/C26H30N4O2/c1-3-15-27-25(31)21-13-16-29(17-14-21)26(32)23-18-30(22-11-9-19(2)10-12-22)28-24(23)20-7-5-4-6-8-20/h4-12,18,21H,3,13-17H2,1-2H3,(H,27,31). The van der Waals surface area contributed by atoms with E-state index in [0.29, 0.717) is 43.7 Å². The first kappa shape index (κ1) is 21.8. The second-order valence-electron chi connectivity index (χ2n) is 8.40. The highest BCUT2D eigenvalue weighted by Gasteiger charge is 2.30. The lowest BCUT2D eigenvalue weighted by atomic mass is 9.95. The average Bonchev–Trinajstić information content (AvgIpc) is 3.28. The fourth-order valence-electron chi connectivity index (χ4n) is 4.08. The predicted octanol–water partition coefficient (Wildman–Crippen LogP) is 4.23. The number of benzene rings is 2. The van der Waals surface area contributed by atoms with Crippen LogP contribution in [0.4, 0.5) is 0 Å². The van der Waals surface area contributed by atoms with Gasteiger partial charge in [-0.25, -0.2) is 4.68 Å². The summed E-state index contributed by atoms with van der Waals surface area (Å²) in [5.41, 5.74) is 4.27. The summed E-state index contributed by atoms with van der Waals surface area (Å²) >= 11 is 0. The van der Waals surface area contributed by atoms with Crippen molar-refractivity contribution in [3.63, 3.8) is 0 Å². The topological polar surface area (TPSA) is 67.2 Å². The van der Waals surface area contributed by atoms with Gasteiger partial charge in [0, 0.05) is 37.3 Å². The number of rotatable bonds is 6. The number of nitrogens with one attached hydrogen (secondary N) is 1. The summed E-state index contributed by atoms with van der Waals surface area (Å²) in [6, 6.07) is 17.9. The van der Waals surface area contributed by atoms with Gasteiger partial charge in [0.25, 0.3) is 5.91 Å². The van der Waals surface area contributed by atoms with Crippen LogP contribution in [0.2, 0.25) is 0 Å². The van der Waals surface area contributed by atoms with Gasteiger partial charge in [0.15, 0.2) is 0 Å². The Morgan fingerprint density at radius 3 is 2.38 bits per heavy atom. The molecule has 3 aromatic rings. The van der Waals surface area contributed by atoms with Crippen molar-refractivity contribution in [2.45, 2.75) is 33.1 Å². The number of hydrogen-bond acceptors (Lipinski definition) is 3. The summed E-state index contributed by atoms with van der Waals surface area (Å²) in [6.07, 6.45) is 4.13. The minimum atomic E-state index is -0.0327. The molecule has 0 bridgehead atoms. The number of hydrogen-bond donors (Lipinski definition) is 1. The van der Waals surface area contributed by atoms with Gasteiger partial charge in [0.2, 0.25) is 5.91 Å². The molecule has 1 aliphatic rings. The molecule has 0 saturated carbocycles. The number of amides is 2. The van der Waals surface area contributed by atoms with Gasteiger partial charge in [-0.3, -0.25) is 9.59 Å². The minimum absolute atomic E-state index is 0.0190. The van der Waals surface area contributed by atoms with Crippen molar-refractivity contribution in [1.29, 1.82) is 0 Å². The Labute approximate surface area is 189 Å². The maximum absolute atomic E-state index is 13.5. The SMILES string of the molecule is CCCNC(=O)C1CCN(C(=O)c2cn(-c3ccc(C)cc3)nc2-c2ccccc2)CC1. The van der Waals surface area contributed by atoms with Crippen LogP contribution < -0.4 is 5.32 Å². The van der Waals surface area contributed by atoms with E-state index in [1.165, 1.54) is 5.56 Å². The van der Waals surface area contributed by atoms with Crippen LogP contribution in [0.1, 0.15) is 42.1 Å². The summed E-state index contributed by atoms with van der Waals surface area (Å²) in [6.45, 7) is 5.95. The van der Waals surface area contributed by atoms with E-state index in [9.17, 15) is 9.59 Å². The van der Waals surface area contributed by atoms with E-state index >= 15 is 0 Å². The van der Waals surface area contributed by atoms with Crippen LogP contribution >= 0.6 is 0 Å². The highest BCUT2D eigenvalue weighted by atomic mass is 16.2. The number of carbonyl (C=O) groups excluding carboxylic acids is 2. The van der Waals surface area contributed by atoms with Gasteiger partial charge >= 0.3 is 0 Å². The van der Waals surface area contributed by atoms with Crippen molar-refractivity contribution in [1.82, 2.24) is 20.0 Å². The molecule has 2 heterocycles. The van der Waals surface area contributed by atoms with Crippen LogP contribution in [0.15, 0.2) is 60.8 Å². The number of likely N-dealkylation sites (tertiary alicyclic amines) is 1. The van der Waals surface area contributed by atoms with Gasteiger partial charge < -0.3 is 10.2 Å². The molecule has 1 fully saturated rings. The molecule has 0 aliphatic carbocycles. The summed E-state index contributed by atoms with van der Waals surface area (Å²) in [7, 11) is 0. The Bertz CT molecular complexity index is 1060. The second kappa shape index (κ2) is 9.81. The van der Waals surface area contributed by atoms with Crippen LogP contribution in [-0.4, -0.2) is 46.1 Å². The zero-order valence-electron chi connectivity index (χ0n) is 18.8. The summed E-state index contributed by atoms with van der Waals surface area (Å²) < 4.78 is 1.78. The third kappa shape index (κ3) is 4.74. The number of aryl methyl sites for hydroxylation is 1. The molecule has 32 heavy (non-hydrogen) atoms. The lowest BCUT2D eigenvalue weighted by molar-refractivity contribution is -0.126. The molecular formula is C26H30N4O2. The molecule has 0 atom stereocenters. The molecule has 1 N–H and O–H groups in total. The summed E-state index contributed by atoms with van der Waals surface area (Å²) in [4.78, 5) is 27.7. The Kier molecular flexibility index (Phi) is 6.69. The molecule has 6 nitrogen and oxygen atoms in total. The Morgan fingerprint density at radius 1 is 1.03 bits per heavy atom. The molecule has 1 saturated heterocycles. The predicted molar refractivity (Wildman–Crippen MR) is 126 cm³/mol. The Hall–Kier alpha value is -3.41. The lowest BCUT2D eigenvalue weighted by Gasteiger charge is -2.31. The Morgan fingerprint density at radius 2 is 1.72 bits per heavy atom. The van der Waals surface area contributed by atoms with Crippen molar-refractivity contribution in [2.75, 3.05) is 19.6 Å². The molecule has 0 spiro atoms. The first-order chi connectivity index (χ1) is 15.6. The van der Waals surface area contributed by atoms with Crippen molar-refractivity contribution in [3.8, 4) is 16.9 Å². The quantitative estimate of drug-likeness (QED) is 0.637. The maximum atomic E-state index is 13.5. The van der Waals surface area contributed by atoms with E-state index in [0.717, 1.165) is 17.7 Å². The first-order valence-electron chi connectivity index (χ1n) is 11.4. The normalized spacial score (nSPS) is 14.4. The molecule has 1 aliphatic heterocycles. The summed E-state index contributed by atoms with van der Waals surface area (Å²) in [5, 5.41) is 7.76.